The van der Waals surface area contributed by atoms with Crippen LogP contribution in [-0.2, 0) is 16.6 Å². The molecule has 216 valence electrons. The zero-order valence-electron chi connectivity index (χ0n) is 23.9. The molecule has 1 amide bonds. The second-order valence-corrected chi connectivity index (χ2v) is 12.1. The van der Waals surface area contributed by atoms with Crippen LogP contribution < -0.4 is 9.46 Å². The fraction of sp³-hybridized carbons (Fsp3) is 0.312. The Morgan fingerprint density at radius 2 is 1.76 bits per heavy atom. The number of carbonyl (C=O) groups is 1. The second kappa shape index (κ2) is 13.6. The van der Waals surface area contributed by atoms with E-state index in [9.17, 15) is 13.2 Å². The van der Waals surface area contributed by atoms with Gasteiger partial charge in [-0.15, -0.1) is 0 Å². The first-order valence-corrected chi connectivity index (χ1v) is 15.2. The molecular weight excluding hydrogens is 536 g/mol. The summed E-state index contributed by atoms with van der Waals surface area (Å²) in [6.07, 6.45) is 8.26. The summed E-state index contributed by atoms with van der Waals surface area (Å²) in [5, 5.41) is 0. The number of hydrogen-bond acceptors (Lipinski definition) is 6. The number of hydrogen-bond donors (Lipinski definition) is 1. The Hall–Kier alpha value is -3.95. The summed E-state index contributed by atoms with van der Waals surface area (Å²) in [6, 6.07) is 14.7. The van der Waals surface area contributed by atoms with Crippen molar-refractivity contribution in [1.82, 2.24) is 9.80 Å². The van der Waals surface area contributed by atoms with Gasteiger partial charge in [-0.3, -0.25) is 19.4 Å². The molecule has 0 spiro atoms. The van der Waals surface area contributed by atoms with Crippen LogP contribution in [0, 0.1) is 5.92 Å². The van der Waals surface area contributed by atoms with Gasteiger partial charge in [0.25, 0.3) is 15.9 Å². The first-order chi connectivity index (χ1) is 19.7. The number of nitrogens with zero attached hydrogens (tertiary/aromatic N) is 3. The molecule has 0 atom stereocenters. The standard InChI is InChI=1S/C32H38N4O4S/c1-5-7-26-8-6-9-30(31(26)33-4)41(38,39)34-28-14-12-27(13-15-28)32(37)36-20-18-35(19-21-36)22-25-10-16-29(17-11-25)40-23-24(2)3/h5-17,24,34H,1,18-23H2,2-4H3/b26-7-,33-31?. The Labute approximate surface area is 243 Å². The van der Waals surface area contributed by atoms with Crippen molar-refractivity contribution in [1.29, 1.82) is 0 Å². The summed E-state index contributed by atoms with van der Waals surface area (Å²) in [7, 11) is -2.35. The lowest BCUT2D eigenvalue weighted by molar-refractivity contribution is 0.0628. The molecule has 2 aliphatic rings. The highest BCUT2D eigenvalue weighted by Crippen LogP contribution is 2.24. The van der Waals surface area contributed by atoms with Crippen LogP contribution in [0.3, 0.4) is 0 Å². The highest BCUT2D eigenvalue weighted by atomic mass is 32.2. The van der Waals surface area contributed by atoms with Gasteiger partial charge in [0.2, 0.25) is 0 Å². The molecular formula is C32H38N4O4S. The average molecular weight is 575 g/mol. The number of ether oxygens (including phenoxy) is 1. The van der Waals surface area contributed by atoms with E-state index in [1.165, 1.54) is 11.6 Å². The SMILES string of the molecule is C=C/C=C1/C=CC=C(S(=O)(=O)Nc2ccc(C(=O)N3CCN(Cc4ccc(OCC(C)C)cc4)CC3)cc2)C1=NC. The van der Waals surface area contributed by atoms with E-state index in [1.807, 2.05) is 17.0 Å². The predicted octanol–water partition coefficient (Wildman–Crippen LogP) is 5.06. The van der Waals surface area contributed by atoms with Crippen LogP contribution in [0.2, 0.25) is 0 Å². The lowest BCUT2D eigenvalue weighted by atomic mass is 10.0. The van der Waals surface area contributed by atoms with Crippen molar-refractivity contribution in [2.75, 3.05) is 44.6 Å². The Balaban J connectivity index is 1.31. The molecule has 4 rings (SSSR count). The molecule has 2 aromatic carbocycles. The van der Waals surface area contributed by atoms with Crippen molar-refractivity contribution in [3.8, 4) is 5.75 Å². The molecule has 0 saturated carbocycles. The van der Waals surface area contributed by atoms with Crippen molar-refractivity contribution in [2.24, 2.45) is 10.9 Å². The quantitative estimate of drug-likeness (QED) is 0.429. The number of amides is 1. The fourth-order valence-corrected chi connectivity index (χ4v) is 5.93. The maximum absolute atomic E-state index is 13.1. The number of piperazine rings is 1. The molecule has 1 aliphatic carbocycles. The molecule has 9 heteroatoms. The maximum atomic E-state index is 13.1. The van der Waals surface area contributed by atoms with E-state index < -0.39 is 10.0 Å². The lowest BCUT2D eigenvalue weighted by Crippen LogP contribution is -2.48. The summed E-state index contributed by atoms with van der Waals surface area (Å²) in [4.78, 5) is 21.6. The number of anilines is 1. The molecule has 1 N–H and O–H groups in total. The lowest BCUT2D eigenvalue weighted by Gasteiger charge is -2.34. The number of benzene rings is 2. The van der Waals surface area contributed by atoms with Crippen LogP contribution in [-0.4, -0.2) is 69.7 Å². The normalized spacial score (nSPS) is 18.0. The smallest absolute Gasteiger partial charge is 0.264 e. The molecule has 0 aromatic heterocycles. The Morgan fingerprint density at radius 1 is 1.07 bits per heavy atom. The molecule has 1 fully saturated rings. The van der Waals surface area contributed by atoms with E-state index in [0.717, 1.165) is 25.4 Å². The summed E-state index contributed by atoms with van der Waals surface area (Å²) in [5.41, 5.74) is 3.12. The summed E-state index contributed by atoms with van der Waals surface area (Å²) >= 11 is 0. The van der Waals surface area contributed by atoms with E-state index >= 15 is 0 Å². The molecule has 41 heavy (non-hydrogen) atoms. The van der Waals surface area contributed by atoms with E-state index in [2.05, 4.69) is 47.2 Å². The van der Waals surface area contributed by atoms with Crippen molar-refractivity contribution in [3.05, 3.63) is 107 Å². The van der Waals surface area contributed by atoms with Crippen LogP contribution in [0.15, 0.2) is 101 Å². The van der Waals surface area contributed by atoms with Gasteiger partial charge in [-0.25, -0.2) is 8.42 Å². The van der Waals surface area contributed by atoms with Crippen LogP contribution >= 0.6 is 0 Å². The Morgan fingerprint density at radius 3 is 2.37 bits per heavy atom. The number of nitrogens with one attached hydrogen (secondary N) is 1. The van der Waals surface area contributed by atoms with E-state index in [1.54, 1.807) is 55.6 Å². The Bertz CT molecular complexity index is 1460. The number of rotatable bonds is 10. The molecule has 1 heterocycles. The van der Waals surface area contributed by atoms with E-state index in [-0.39, 0.29) is 10.8 Å². The monoisotopic (exact) mass is 574 g/mol. The minimum atomic E-state index is -3.90. The molecule has 1 saturated heterocycles. The third-order valence-corrected chi connectivity index (χ3v) is 8.21. The van der Waals surface area contributed by atoms with Crippen LogP contribution in [0.4, 0.5) is 5.69 Å². The molecule has 0 bridgehead atoms. The number of carbonyl (C=O) groups excluding carboxylic acids is 1. The average Bonchev–Trinajstić information content (AvgIpc) is 2.97. The zero-order chi connectivity index (χ0) is 29.4. The molecule has 0 radical (unpaired) electrons. The van der Waals surface area contributed by atoms with Crippen LogP contribution in [0.25, 0.3) is 0 Å². The van der Waals surface area contributed by atoms with Gasteiger partial charge in [0, 0.05) is 56.6 Å². The number of allylic oxidation sites excluding steroid dienone is 7. The van der Waals surface area contributed by atoms with Gasteiger partial charge in [-0.2, -0.15) is 0 Å². The largest absolute Gasteiger partial charge is 0.493 e. The molecule has 8 nitrogen and oxygen atoms in total. The van der Waals surface area contributed by atoms with Gasteiger partial charge in [0.1, 0.15) is 10.7 Å². The maximum Gasteiger partial charge on any atom is 0.264 e. The van der Waals surface area contributed by atoms with E-state index in [4.69, 9.17) is 4.74 Å². The third-order valence-electron chi connectivity index (χ3n) is 6.80. The van der Waals surface area contributed by atoms with Gasteiger partial charge in [-0.1, -0.05) is 56.9 Å². The third kappa shape index (κ3) is 7.83. The highest BCUT2D eigenvalue weighted by molar-refractivity contribution is 7.97. The topological polar surface area (TPSA) is 91.3 Å². The molecule has 1 aliphatic heterocycles. The summed E-state index contributed by atoms with van der Waals surface area (Å²) in [6.45, 7) is 12.3. The van der Waals surface area contributed by atoms with Gasteiger partial charge in [0.05, 0.1) is 12.3 Å². The highest BCUT2D eigenvalue weighted by Gasteiger charge is 2.26. The van der Waals surface area contributed by atoms with E-state index in [0.29, 0.717) is 48.1 Å². The van der Waals surface area contributed by atoms with Gasteiger partial charge in [-0.05, 0) is 54.0 Å². The summed E-state index contributed by atoms with van der Waals surface area (Å²) < 4.78 is 34.6. The van der Waals surface area contributed by atoms with Crippen molar-refractivity contribution >= 4 is 27.3 Å². The van der Waals surface area contributed by atoms with Crippen molar-refractivity contribution in [3.63, 3.8) is 0 Å². The van der Waals surface area contributed by atoms with Gasteiger partial charge in [0.15, 0.2) is 0 Å². The molecule has 2 aromatic rings. The minimum absolute atomic E-state index is 0.0644. The molecule has 0 unspecified atom stereocenters. The Kier molecular flexibility index (Phi) is 9.96. The number of aliphatic imine (C=N–C) groups is 1. The fourth-order valence-electron chi connectivity index (χ4n) is 4.65. The first kappa shape index (κ1) is 30.0. The van der Waals surface area contributed by atoms with Crippen molar-refractivity contribution < 1.29 is 17.9 Å². The first-order valence-electron chi connectivity index (χ1n) is 13.7. The van der Waals surface area contributed by atoms with Crippen LogP contribution in [0.5, 0.6) is 5.75 Å². The second-order valence-electron chi connectivity index (χ2n) is 10.4. The minimum Gasteiger partial charge on any atom is -0.493 e. The van der Waals surface area contributed by atoms with Gasteiger partial charge >= 0.3 is 0 Å². The van der Waals surface area contributed by atoms with Gasteiger partial charge < -0.3 is 9.64 Å². The predicted molar refractivity (Wildman–Crippen MR) is 166 cm³/mol. The zero-order valence-corrected chi connectivity index (χ0v) is 24.7. The van der Waals surface area contributed by atoms with Crippen molar-refractivity contribution in [2.45, 2.75) is 20.4 Å². The summed E-state index contributed by atoms with van der Waals surface area (Å²) in [5.74, 6) is 1.31. The number of sulfonamides is 1. The van der Waals surface area contributed by atoms with Crippen LogP contribution in [0.1, 0.15) is 29.8 Å².